The summed E-state index contributed by atoms with van der Waals surface area (Å²) in [6.07, 6.45) is -2.44. The largest absolute Gasteiger partial charge is 0.390 e. The highest BCUT2D eigenvalue weighted by Crippen LogP contribution is 2.39. The van der Waals surface area contributed by atoms with E-state index in [0.717, 1.165) is 11.0 Å². The van der Waals surface area contributed by atoms with Crippen molar-refractivity contribution >= 4 is 27.5 Å². The molecule has 2 saturated heterocycles. The number of nitrogens with zero attached hydrogens (tertiary/aromatic N) is 2. The average Bonchev–Trinajstić information content (AvgIpc) is 3.45. The highest BCUT2D eigenvalue weighted by molar-refractivity contribution is 5.94. The lowest BCUT2D eigenvalue weighted by molar-refractivity contribution is -0.207. The van der Waals surface area contributed by atoms with E-state index in [1.54, 1.807) is 13.8 Å². The van der Waals surface area contributed by atoms with Crippen molar-refractivity contribution in [2.24, 2.45) is 5.16 Å². The van der Waals surface area contributed by atoms with Crippen LogP contribution in [0.3, 0.4) is 0 Å². The van der Waals surface area contributed by atoms with Crippen LogP contribution in [-0.2, 0) is 25.6 Å². The van der Waals surface area contributed by atoms with Gasteiger partial charge in [-0.3, -0.25) is 4.79 Å². The summed E-state index contributed by atoms with van der Waals surface area (Å²) in [5, 5.41) is 16.3. The molecule has 0 spiro atoms. The maximum Gasteiger partial charge on any atom is 0.197 e. The first-order valence-electron chi connectivity index (χ1n) is 10.8. The van der Waals surface area contributed by atoms with Crippen LogP contribution in [0.2, 0.25) is 0 Å². The number of aliphatic hydroxyl groups excluding tert-OH is 1. The van der Waals surface area contributed by atoms with Crippen molar-refractivity contribution in [3.63, 3.8) is 0 Å². The van der Waals surface area contributed by atoms with E-state index in [-0.39, 0.29) is 11.5 Å². The molecule has 8 heteroatoms. The summed E-state index contributed by atoms with van der Waals surface area (Å²) < 4.78 is 19.5. The van der Waals surface area contributed by atoms with Crippen molar-refractivity contribution in [3.8, 4) is 0 Å². The monoisotopic (exact) mass is 436 g/mol. The van der Waals surface area contributed by atoms with E-state index in [9.17, 15) is 9.90 Å². The Hall–Kier alpha value is -2.78. The average molecular weight is 436 g/mol. The Balaban J connectivity index is 1.26. The number of aliphatic hydroxyl groups is 1. The predicted octanol–water partition coefficient (Wildman–Crippen LogP) is 2.54. The summed E-state index contributed by atoms with van der Waals surface area (Å²) in [5.41, 5.74) is 2.36. The zero-order chi connectivity index (χ0) is 22.0. The molecule has 3 aliphatic rings. The number of ether oxygens (including phenoxy) is 3. The summed E-state index contributed by atoms with van der Waals surface area (Å²) in [6, 6.07) is 15.2. The van der Waals surface area contributed by atoms with Crippen LogP contribution >= 0.6 is 0 Å². The fourth-order valence-electron chi connectivity index (χ4n) is 4.96. The number of fused-ring (bicyclic) bond motifs is 3. The van der Waals surface area contributed by atoms with Gasteiger partial charge in [0.1, 0.15) is 18.3 Å². The Labute approximate surface area is 183 Å². The molecule has 3 aliphatic heterocycles. The molecule has 0 bridgehead atoms. The van der Waals surface area contributed by atoms with E-state index in [2.05, 4.69) is 9.72 Å². The van der Waals surface area contributed by atoms with Gasteiger partial charge in [-0.25, -0.2) is 0 Å². The number of aromatic nitrogens is 1. The molecule has 0 amide bonds. The van der Waals surface area contributed by atoms with Gasteiger partial charge in [-0.15, -0.1) is 0 Å². The minimum absolute atomic E-state index is 0.0219. The van der Waals surface area contributed by atoms with Crippen LogP contribution in [-0.4, -0.2) is 51.9 Å². The summed E-state index contributed by atoms with van der Waals surface area (Å²) in [5.74, 6) is -0.787. The zero-order valence-electron chi connectivity index (χ0n) is 17.8. The number of para-hydroxylation sites is 2. The molecule has 166 valence electrons. The van der Waals surface area contributed by atoms with Gasteiger partial charge >= 0.3 is 0 Å². The first-order valence-corrected chi connectivity index (χ1v) is 10.8. The molecule has 2 fully saturated rings. The van der Waals surface area contributed by atoms with Gasteiger partial charge in [0.15, 0.2) is 23.6 Å². The highest BCUT2D eigenvalue weighted by Gasteiger charge is 2.56. The van der Waals surface area contributed by atoms with Gasteiger partial charge in [-0.2, -0.15) is 0 Å². The smallest absolute Gasteiger partial charge is 0.197 e. The second-order valence-corrected chi connectivity index (χ2v) is 9.00. The Morgan fingerprint density at radius 3 is 2.38 bits per heavy atom. The van der Waals surface area contributed by atoms with Crippen molar-refractivity contribution < 1.29 is 24.2 Å². The van der Waals surface area contributed by atoms with E-state index in [0.29, 0.717) is 29.4 Å². The number of pyridine rings is 1. The van der Waals surface area contributed by atoms with Crippen molar-refractivity contribution in [1.82, 2.24) is 4.57 Å². The van der Waals surface area contributed by atoms with Crippen molar-refractivity contribution in [3.05, 3.63) is 58.8 Å². The van der Waals surface area contributed by atoms with Crippen LogP contribution < -0.4 is 5.43 Å². The maximum atomic E-state index is 12.9. The lowest BCUT2D eigenvalue weighted by Crippen LogP contribution is -2.38. The molecule has 0 saturated carbocycles. The molecule has 4 heterocycles. The maximum absolute atomic E-state index is 12.9. The standard InChI is InChI=1S/C24H24N2O6/c1-24(2)30-22-20(28)21(29-23(22)31-24)16-11-13(32-25-16)12-26-17-9-5-3-7-14(17)19(27)15-8-4-6-10-18(15)26/h3-10,13,20-23,28H,11-12H2,1-2H3/t13?,20-,21+,22+,23+/m0/s1. The second kappa shape index (κ2) is 7.11. The van der Waals surface area contributed by atoms with E-state index in [1.807, 2.05) is 48.5 Å². The van der Waals surface area contributed by atoms with Gasteiger partial charge in [0.05, 0.1) is 23.3 Å². The topological polar surface area (TPSA) is 91.5 Å². The molecule has 3 aromatic rings. The normalized spacial score (nSPS) is 31.1. The van der Waals surface area contributed by atoms with Gasteiger partial charge in [-0.1, -0.05) is 29.4 Å². The van der Waals surface area contributed by atoms with Gasteiger partial charge in [0.2, 0.25) is 0 Å². The van der Waals surface area contributed by atoms with E-state index < -0.39 is 30.4 Å². The van der Waals surface area contributed by atoms with Crippen molar-refractivity contribution in [1.29, 1.82) is 0 Å². The number of rotatable bonds is 3. The van der Waals surface area contributed by atoms with E-state index in [1.165, 1.54) is 0 Å². The minimum Gasteiger partial charge on any atom is -0.390 e. The third kappa shape index (κ3) is 3.06. The molecule has 2 aromatic carbocycles. The zero-order valence-corrected chi connectivity index (χ0v) is 17.8. The Kier molecular flexibility index (Phi) is 4.42. The first kappa shape index (κ1) is 19.9. The minimum atomic E-state index is -0.878. The number of hydrogen-bond donors (Lipinski definition) is 1. The molecule has 8 nitrogen and oxygen atoms in total. The van der Waals surface area contributed by atoms with Crippen LogP contribution in [0.15, 0.2) is 58.5 Å². The Morgan fingerprint density at radius 2 is 1.72 bits per heavy atom. The third-order valence-electron chi connectivity index (χ3n) is 6.37. The predicted molar refractivity (Wildman–Crippen MR) is 117 cm³/mol. The SMILES string of the molecule is CC1(C)O[C@H]2O[C@H](C3=NOC(Cn4c5ccccc5c(=O)c5ccccc54)C3)[C@H](O)[C@H]2O1. The molecular formula is C24H24N2O6. The summed E-state index contributed by atoms with van der Waals surface area (Å²) in [4.78, 5) is 18.7. The first-order chi connectivity index (χ1) is 15.4. The molecule has 6 rings (SSSR count). The lowest BCUT2D eigenvalue weighted by Gasteiger charge is -2.22. The highest BCUT2D eigenvalue weighted by atomic mass is 16.8. The van der Waals surface area contributed by atoms with E-state index >= 15 is 0 Å². The lowest BCUT2D eigenvalue weighted by atomic mass is 10.0. The molecule has 0 radical (unpaired) electrons. The Morgan fingerprint density at radius 1 is 1.06 bits per heavy atom. The van der Waals surface area contributed by atoms with Crippen LogP contribution in [0.4, 0.5) is 0 Å². The van der Waals surface area contributed by atoms with Crippen molar-refractivity contribution in [2.45, 2.75) is 63.3 Å². The summed E-state index contributed by atoms with van der Waals surface area (Å²) in [7, 11) is 0. The number of hydrogen-bond acceptors (Lipinski definition) is 7. The van der Waals surface area contributed by atoms with Crippen LogP contribution in [0.1, 0.15) is 20.3 Å². The number of benzene rings is 2. The summed E-state index contributed by atoms with van der Waals surface area (Å²) >= 11 is 0. The van der Waals surface area contributed by atoms with Gasteiger partial charge in [0.25, 0.3) is 0 Å². The second-order valence-electron chi connectivity index (χ2n) is 9.00. The quantitative estimate of drug-likeness (QED) is 0.635. The van der Waals surface area contributed by atoms with Gasteiger partial charge < -0.3 is 28.7 Å². The molecule has 1 N–H and O–H groups in total. The molecular weight excluding hydrogens is 412 g/mol. The van der Waals surface area contributed by atoms with Gasteiger partial charge in [-0.05, 0) is 38.1 Å². The number of oxime groups is 1. The van der Waals surface area contributed by atoms with Gasteiger partial charge in [0, 0.05) is 17.2 Å². The fourth-order valence-corrected chi connectivity index (χ4v) is 4.96. The summed E-state index contributed by atoms with van der Waals surface area (Å²) in [6.45, 7) is 4.09. The third-order valence-corrected chi connectivity index (χ3v) is 6.37. The Bertz CT molecular complexity index is 1240. The van der Waals surface area contributed by atoms with Crippen LogP contribution in [0.5, 0.6) is 0 Å². The van der Waals surface area contributed by atoms with Crippen LogP contribution in [0.25, 0.3) is 21.8 Å². The molecule has 1 unspecified atom stereocenters. The molecule has 1 aromatic heterocycles. The molecule has 32 heavy (non-hydrogen) atoms. The fraction of sp³-hybridized carbons (Fsp3) is 0.417. The molecule has 5 atom stereocenters. The van der Waals surface area contributed by atoms with Crippen LogP contribution in [0, 0.1) is 0 Å². The van der Waals surface area contributed by atoms with Crippen molar-refractivity contribution in [2.75, 3.05) is 0 Å². The van der Waals surface area contributed by atoms with E-state index in [4.69, 9.17) is 19.0 Å². The molecule has 0 aliphatic carbocycles.